The van der Waals surface area contributed by atoms with Gasteiger partial charge in [-0.1, -0.05) is 0 Å². The molecule has 12 heteroatoms. The Balaban J connectivity index is 1.66. The summed E-state index contributed by atoms with van der Waals surface area (Å²) in [6.07, 6.45) is 4.39. The van der Waals surface area contributed by atoms with Gasteiger partial charge in [0, 0.05) is 32.0 Å². The molecule has 1 atom stereocenters. The largest absolute Gasteiger partial charge is 0.383 e. The minimum atomic E-state index is -3.18. The van der Waals surface area contributed by atoms with Gasteiger partial charge in [-0.05, 0) is 24.6 Å². The van der Waals surface area contributed by atoms with Crippen LogP contribution in [0, 0.1) is 5.82 Å². The summed E-state index contributed by atoms with van der Waals surface area (Å²) in [6, 6.07) is 3.87. The zero-order valence-corrected chi connectivity index (χ0v) is 19.1. The average Bonchev–Trinajstić information content (AvgIpc) is 3.32. The SMILES string of the molecule is COCC(CCS(C)(=O)=O)NC(=O)c1c[nH]c2ncc(-c3nn(C)c4cc(F)ccc34)nc12. The van der Waals surface area contributed by atoms with Crippen molar-refractivity contribution in [2.75, 3.05) is 25.7 Å². The third kappa shape index (κ3) is 4.86. The molecule has 0 spiro atoms. The molecule has 0 bridgehead atoms. The number of halogens is 1. The van der Waals surface area contributed by atoms with E-state index in [1.54, 1.807) is 17.8 Å². The molecule has 0 saturated heterocycles. The summed E-state index contributed by atoms with van der Waals surface area (Å²) in [5.41, 5.74) is 2.55. The van der Waals surface area contributed by atoms with Gasteiger partial charge in [0.15, 0.2) is 5.65 Å². The lowest BCUT2D eigenvalue weighted by molar-refractivity contribution is 0.0896. The summed E-state index contributed by atoms with van der Waals surface area (Å²) in [5.74, 6) is -0.882. The Kier molecular flexibility index (Phi) is 6.13. The number of amides is 1. The fourth-order valence-corrected chi connectivity index (χ4v) is 4.33. The molecule has 1 unspecified atom stereocenters. The number of ether oxygens (including phenoxy) is 1. The van der Waals surface area contributed by atoms with Gasteiger partial charge < -0.3 is 15.0 Å². The number of methoxy groups -OCH3 is 1. The first-order chi connectivity index (χ1) is 15.7. The molecular weight excluding hydrogens is 451 g/mol. The smallest absolute Gasteiger partial charge is 0.255 e. The Morgan fingerprint density at radius 2 is 2.15 bits per heavy atom. The van der Waals surface area contributed by atoms with Gasteiger partial charge in [0.05, 0.1) is 35.7 Å². The number of aromatic nitrogens is 5. The number of sulfone groups is 1. The van der Waals surface area contributed by atoms with Crippen LogP contribution in [-0.2, 0) is 21.6 Å². The van der Waals surface area contributed by atoms with Gasteiger partial charge in [0.2, 0.25) is 0 Å². The normalized spacial score (nSPS) is 13.0. The number of H-pyrrole nitrogens is 1. The van der Waals surface area contributed by atoms with E-state index in [-0.39, 0.29) is 30.2 Å². The quantitative estimate of drug-likeness (QED) is 0.398. The van der Waals surface area contributed by atoms with E-state index >= 15 is 0 Å². The standard InChI is InChI=1S/C21H23FN6O4S/c1-28-17-8-12(22)4-5-14(17)18(27-28)16-10-24-20-19(26-16)15(9-23-20)21(29)25-13(11-32-2)6-7-33(3,30)31/h4-5,8-10,13H,6-7,11H2,1-3H3,(H,23,24)(H,25,29). The summed E-state index contributed by atoms with van der Waals surface area (Å²) in [5, 5.41) is 7.96. The van der Waals surface area contributed by atoms with Crippen molar-refractivity contribution in [1.82, 2.24) is 30.0 Å². The van der Waals surface area contributed by atoms with Crippen molar-refractivity contribution in [2.45, 2.75) is 12.5 Å². The summed E-state index contributed by atoms with van der Waals surface area (Å²) in [7, 11) is 0.000936. The number of carbonyl (C=O) groups is 1. The van der Waals surface area contributed by atoms with Crippen molar-refractivity contribution in [3.63, 3.8) is 0 Å². The third-order valence-corrected chi connectivity index (χ3v) is 6.20. The lowest BCUT2D eigenvalue weighted by Gasteiger charge is -2.17. The van der Waals surface area contributed by atoms with E-state index in [9.17, 15) is 17.6 Å². The summed E-state index contributed by atoms with van der Waals surface area (Å²) < 4.78 is 43.4. The first-order valence-corrected chi connectivity index (χ1v) is 12.2. The molecule has 33 heavy (non-hydrogen) atoms. The highest BCUT2D eigenvalue weighted by Crippen LogP contribution is 2.28. The molecular formula is C21H23FN6O4S. The molecule has 0 fully saturated rings. The van der Waals surface area contributed by atoms with Crippen LogP contribution in [0.3, 0.4) is 0 Å². The first-order valence-electron chi connectivity index (χ1n) is 10.1. The van der Waals surface area contributed by atoms with E-state index in [1.807, 2.05) is 0 Å². The van der Waals surface area contributed by atoms with Crippen LogP contribution in [-0.4, -0.2) is 70.8 Å². The molecule has 2 N–H and O–H groups in total. The number of nitrogens with zero attached hydrogens (tertiary/aromatic N) is 4. The molecule has 174 valence electrons. The number of carbonyl (C=O) groups excluding carboxylic acids is 1. The molecule has 0 aliphatic heterocycles. The predicted octanol–water partition coefficient (Wildman–Crippen LogP) is 1.83. The number of fused-ring (bicyclic) bond motifs is 2. The van der Waals surface area contributed by atoms with Crippen LogP contribution in [0.2, 0.25) is 0 Å². The zero-order chi connectivity index (χ0) is 23.8. The van der Waals surface area contributed by atoms with Gasteiger partial charge >= 0.3 is 0 Å². The van der Waals surface area contributed by atoms with Crippen LogP contribution < -0.4 is 5.32 Å². The van der Waals surface area contributed by atoms with Crippen molar-refractivity contribution in [3.8, 4) is 11.4 Å². The van der Waals surface area contributed by atoms with Gasteiger partial charge in [0.1, 0.15) is 32.6 Å². The zero-order valence-electron chi connectivity index (χ0n) is 18.3. The Morgan fingerprint density at radius 3 is 2.88 bits per heavy atom. The minimum absolute atomic E-state index is 0.0769. The van der Waals surface area contributed by atoms with Crippen LogP contribution >= 0.6 is 0 Å². The molecule has 0 saturated carbocycles. The number of nitrogens with one attached hydrogen (secondary N) is 2. The number of rotatable bonds is 8. The molecule has 3 heterocycles. The molecule has 3 aromatic heterocycles. The lowest BCUT2D eigenvalue weighted by Crippen LogP contribution is -2.39. The Labute approximate surface area is 189 Å². The fourth-order valence-electron chi connectivity index (χ4n) is 3.62. The summed E-state index contributed by atoms with van der Waals surface area (Å²) in [4.78, 5) is 24.8. The van der Waals surface area contributed by atoms with Crippen LogP contribution in [0.25, 0.3) is 33.5 Å². The maximum absolute atomic E-state index is 13.7. The molecule has 4 rings (SSSR count). The van der Waals surface area contributed by atoms with Crippen molar-refractivity contribution in [1.29, 1.82) is 0 Å². The molecule has 0 aliphatic rings. The van der Waals surface area contributed by atoms with E-state index in [2.05, 4.69) is 25.4 Å². The van der Waals surface area contributed by atoms with E-state index < -0.39 is 21.8 Å². The van der Waals surface area contributed by atoms with Crippen molar-refractivity contribution in [3.05, 3.63) is 42.0 Å². The summed E-state index contributed by atoms with van der Waals surface area (Å²) >= 11 is 0. The monoisotopic (exact) mass is 474 g/mol. The maximum Gasteiger partial charge on any atom is 0.255 e. The Morgan fingerprint density at radius 1 is 1.36 bits per heavy atom. The van der Waals surface area contributed by atoms with E-state index in [0.717, 1.165) is 6.26 Å². The van der Waals surface area contributed by atoms with Crippen molar-refractivity contribution >= 4 is 37.8 Å². The van der Waals surface area contributed by atoms with Crippen LogP contribution in [0.15, 0.2) is 30.6 Å². The van der Waals surface area contributed by atoms with Gasteiger partial charge in [0.25, 0.3) is 5.91 Å². The summed E-state index contributed by atoms with van der Waals surface area (Å²) in [6.45, 7) is 0.164. The van der Waals surface area contributed by atoms with E-state index in [1.165, 1.54) is 31.6 Å². The van der Waals surface area contributed by atoms with Gasteiger partial charge in [-0.15, -0.1) is 0 Å². The number of benzene rings is 1. The number of hydrogen-bond donors (Lipinski definition) is 2. The van der Waals surface area contributed by atoms with Crippen molar-refractivity contribution < 1.29 is 22.3 Å². The molecule has 1 aromatic carbocycles. The third-order valence-electron chi connectivity index (χ3n) is 5.22. The highest BCUT2D eigenvalue weighted by Gasteiger charge is 2.21. The first kappa shape index (κ1) is 22.8. The molecule has 1 amide bonds. The predicted molar refractivity (Wildman–Crippen MR) is 121 cm³/mol. The number of hydrogen-bond acceptors (Lipinski definition) is 7. The van der Waals surface area contributed by atoms with Crippen LogP contribution in [0.5, 0.6) is 0 Å². The van der Waals surface area contributed by atoms with Crippen molar-refractivity contribution in [2.24, 2.45) is 7.05 Å². The van der Waals surface area contributed by atoms with Gasteiger partial charge in [-0.25, -0.2) is 22.8 Å². The van der Waals surface area contributed by atoms with Crippen LogP contribution in [0.4, 0.5) is 4.39 Å². The fraction of sp³-hybridized carbons (Fsp3) is 0.333. The van der Waals surface area contributed by atoms with E-state index in [0.29, 0.717) is 33.5 Å². The van der Waals surface area contributed by atoms with Gasteiger partial charge in [-0.3, -0.25) is 9.48 Å². The molecule has 0 aliphatic carbocycles. The topological polar surface area (TPSA) is 132 Å². The second kappa shape index (κ2) is 8.87. The second-order valence-corrected chi connectivity index (χ2v) is 10.1. The minimum Gasteiger partial charge on any atom is -0.383 e. The highest BCUT2D eigenvalue weighted by atomic mass is 32.2. The molecule has 0 radical (unpaired) electrons. The number of aromatic amines is 1. The Bertz CT molecular complexity index is 1450. The Hall–Kier alpha value is -3.38. The average molecular weight is 475 g/mol. The second-order valence-electron chi connectivity index (χ2n) is 7.83. The van der Waals surface area contributed by atoms with Crippen LogP contribution in [0.1, 0.15) is 16.8 Å². The molecule has 10 nitrogen and oxygen atoms in total. The molecule has 4 aromatic rings. The van der Waals surface area contributed by atoms with E-state index in [4.69, 9.17) is 4.74 Å². The highest BCUT2D eigenvalue weighted by molar-refractivity contribution is 7.90. The maximum atomic E-state index is 13.7. The lowest BCUT2D eigenvalue weighted by atomic mass is 10.1. The van der Waals surface area contributed by atoms with Gasteiger partial charge in [-0.2, -0.15) is 5.10 Å². The number of aryl methyl sites for hydroxylation is 1.